The van der Waals surface area contributed by atoms with Gasteiger partial charge in [-0.25, -0.2) is 0 Å². The van der Waals surface area contributed by atoms with Crippen molar-refractivity contribution in [3.8, 4) is 5.75 Å². The first-order chi connectivity index (χ1) is 12.2. The maximum Gasteiger partial charge on any atom is 0.262 e. The first-order valence-corrected chi connectivity index (χ1v) is 8.74. The summed E-state index contributed by atoms with van der Waals surface area (Å²) in [5.41, 5.74) is 0.669. The number of nitrogens with one attached hydrogen (secondary N) is 1. The van der Waals surface area contributed by atoms with Crippen LogP contribution in [0.2, 0.25) is 0 Å². The highest BCUT2D eigenvalue weighted by Gasteiger charge is 2.32. The lowest BCUT2D eigenvalue weighted by Crippen LogP contribution is -2.49. The smallest absolute Gasteiger partial charge is 0.262 e. The Morgan fingerprint density at radius 3 is 2.64 bits per heavy atom. The van der Waals surface area contributed by atoms with Crippen molar-refractivity contribution in [1.82, 2.24) is 5.32 Å². The summed E-state index contributed by atoms with van der Waals surface area (Å²) in [4.78, 5) is 27.2. The third-order valence-corrected chi connectivity index (χ3v) is 4.55. The van der Waals surface area contributed by atoms with Gasteiger partial charge in [0.25, 0.3) is 11.8 Å². The Bertz CT molecular complexity index is 792. The van der Waals surface area contributed by atoms with Crippen LogP contribution in [-0.4, -0.2) is 31.5 Å². The summed E-state index contributed by atoms with van der Waals surface area (Å²) < 4.78 is 5.70. The fourth-order valence-corrected chi connectivity index (χ4v) is 3.16. The van der Waals surface area contributed by atoms with E-state index in [0.717, 1.165) is 4.90 Å². The molecule has 0 saturated carbocycles. The van der Waals surface area contributed by atoms with E-state index in [4.69, 9.17) is 4.74 Å². The number of fused-ring (bicyclic) bond motifs is 1. The lowest BCUT2D eigenvalue weighted by Gasteiger charge is -2.33. The summed E-state index contributed by atoms with van der Waals surface area (Å²) in [5.74, 6) is 0.0860. The maximum absolute atomic E-state index is 12.6. The Hall–Kier alpha value is -2.73. The number of rotatable bonds is 4. The lowest BCUT2D eigenvalue weighted by atomic mass is 10.1. The third-order valence-electron chi connectivity index (χ3n) is 3.74. The first kappa shape index (κ1) is 17.1. The SMILES string of the molecule is CNC(=O)[C@@H]1CN(C(=O)/C=C/Sc2ccccc2)c2ccccc2O1. The van der Waals surface area contributed by atoms with Crippen LogP contribution in [0.3, 0.4) is 0 Å². The van der Waals surface area contributed by atoms with Gasteiger partial charge in [-0.05, 0) is 29.7 Å². The van der Waals surface area contributed by atoms with Crippen LogP contribution in [0.5, 0.6) is 5.75 Å². The average Bonchev–Trinajstić information content (AvgIpc) is 2.67. The van der Waals surface area contributed by atoms with E-state index < -0.39 is 6.10 Å². The molecule has 0 unspecified atom stereocenters. The standard InChI is InChI=1S/C19H18N2O3S/c1-20-19(23)17-13-21(15-9-5-6-10-16(15)24-17)18(22)11-12-25-14-7-3-2-4-8-14/h2-12,17H,13H2,1H3,(H,20,23)/b12-11+/t17-/m0/s1. The molecule has 1 heterocycles. The maximum atomic E-state index is 12.6. The molecule has 1 aliphatic rings. The molecule has 128 valence electrons. The van der Waals surface area contributed by atoms with E-state index in [1.165, 1.54) is 17.8 Å². The van der Waals surface area contributed by atoms with Gasteiger partial charge in [-0.2, -0.15) is 0 Å². The summed E-state index contributed by atoms with van der Waals surface area (Å²) in [6.45, 7) is 0.176. The van der Waals surface area contributed by atoms with Crippen molar-refractivity contribution >= 4 is 29.3 Å². The highest BCUT2D eigenvalue weighted by Crippen LogP contribution is 2.33. The third kappa shape index (κ3) is 4.03. The van der Waals surface area contributed by atoms with Gasteiger partial charge in [0.15, 0.2) is 6.10 Å². The Balaban J connectivity index is 1.77. The topological polar surface area (TPSA) is 58.6 Å². The zero-order valence-corrected chi connectivity index (χ0v) is 14.5. The van der Waals surface area contributed by atoms with E-state index in [2.05, 4.69) is 5.32 Å². The molecule has 1 aliphatic heterocycles. The Morgan fingerprint density at radius 1 is 1.16 bits per heavy atom. The van der Waals surface area contributed by atoms with Gasteiger partial charge in [0.1, 0.15) is 5.75 Å². The van der Waals surface area contributed by atoms with E-state index in [1.54, 1.807) is 23.4 Å². The minimum Gasteiger partial charge on any atom is -0.477 e. The molecular formula is C19H18N2O3S. The lowest BCUT2D eigenvalue weighted by molar-refractivity contribution is -0.127. The number of anilines is 1. The van der Waals surface area contributed by atoms with E-state index in [-0.39, 0.29) is 18.4 Å². The molecule has 5 nitrogen and oxygen atoms in total. The number of hydrogen-bond acceptors (Lipinski definition) is 4. The average molecular weight is 354 g/mol. The molecule has 2 aromatic carbocycles. The summed E-state index contributed by atoms with van der Waals surface area (Å²) in [5, 5.41) is 4.32. The predicted molar refractivity (Wildman–Crippen MR) is 98.7 cm³/mol. The molecule has 2 amide bonds. The van der Waals surface area contributed by atoms with Crippen molar-refractivity contribution in [2.75, 3.05) is 18.5 Å². The van der Waals surface area contributed by atoms with Crippen molar-refractivity contribution in [2.24, 2.45) is 0 Å². The van der Waals surface area contributed by atoms with Crippen LogP contribution >= 0.6 is 11.8 Å². The Labute approximate surface area is 150 Å². The molecule has 0 aromatic heterocycles. The predicted octanol–water partition coefficient (Wildman–Crippen LogP) is 2.83. The summed E-state index contributed by atoms with van der Waals surface area (Å²) >= 11 is 1.47. The number of amides is 2. The van der Waals surface area contributed by atoms with Crippen molar-refractivity contribution in [3.63, 3.8) is 0 Å². The van der Waals surface area contributed by atoms with Gasteiger partial charge in [0.05, 0.1) is 12.2 Å². The van der Waals surface area contributed by atoms with Gasteiger partial charge < -0.3 is 15.0 Å². The van der Waals surface area contributed by atoms with Gasteiger partial charge in [0.2, 0.25) is 0 Å². The van der Waals surface area contributed by atoms with Crippen molar-refractivity contribution in [1.29, 1.82) is 0 Å². The molecule has 1 N–H and O–H groups in total. The number of likely N-dealkylation sites (N-methyl/N-ethyl adjacent to an activating group) is 1. The van der Waals surface area contributed by atoms with Crippen LogP contribution in [0.25, 0.3) is 0 Å². The van der Waals surface area contributed by atoms with Crippen LogP contribution < -0.4 is 15.0 Å². The molecule has 25 heavy (non-hydrogen) atoms. The number of ether oxygens (including phenoxy) is 1. The van der Waals surface area contributed by atoms with Gasteiger partial charge in [-0.3, -0.25) is 9.59 Å². The van der Waals surface area contributed by atoms with Crippen molar-refractivity contribution < 1.29 is 14.3 Å². The monoisotopic (exact) mass is 354 g/mol. The number of nitrogens with zero attached hydrogens (tertiary/aromatic N) is 1. The second-order valence-electron chi connectivity index (χ2n) is 5.37. The van der Waals surface area contributed by atoms with Crippen LogP contribution in [0.1, 0.15) is 0 Å². The highest BCUT2D eigenvalue weighted by atomic mass is 32.2. The molecule has 0 bridgehead atoms. The van der Waals surface area contributed by atoms with E-state index in [9.17, 15) is 9.59 Å². The zero-order valence-electron chi connectivity index (χ0n) is 13.7. The molecule has 0 spiro atoms. The summed E-state index contributed by atoms with van der Waals surface area (Å²) in [6.07, 6.45) is 0.791. The zero-order chi connectivity index (χ0) is 17.6. The molecule has 6 heteroatoms. The van der Waals surface area contributed by atoms with Crippen molar-refractivity contribution in [2.45, 2.75) is 11.0 Å². The number of carbonyl (C=O) groups excluding carboxylic acids is 2. The highest BCUT2D eigenvalue weighted by molar-refractivity contribution is 8.02. The largest absolute Gasteiger partial charge is 0.477 e. The molecule has 2 aromatic rings. The molecule has 0 aliphatic carbocycles. The molecule has 0 radical (unpaired) electrons. The van der Waals surface area contributed by atoms with Crippen LogP contribution in [0, 0.1) is 0 Å². The van der Waals surface area contributed by atoms with Gasteiger partial charge in [-0.1, -0.05) is 42.1 Å². The Kier molecular flexibility index (Phi) is 5.40. The second kappa shape index (κ2) is 7.90. The van der Waals surface area contributed by atoms with Gasteiger partial charge in [-0.15, -0.1) is 0 Å². The normalized spacial score (nSPS) is 16.2. The summed E-state index contributed by atoms with van der Waals surface area (Å²) in [7, 11) is 1.55. The number of carbonyl (C=O) groups is 2. The van der Waals surface area contributed by atoms with Gasteiger partial charge >= 0.3 is 0 Å². The molecule has 0 fully saturated rings. The van der Waals surface area contributed by atoms with Crippen LogP contribution in [0.15, 0.2) is 71.0 Å². The van der Waals surface area contributed by atoms with E-state index in [0.29, 0.717) is 11.4 Å². The van der Waals surface area contributed by atoms with Crippen LogP contribution in [-0.2, 0) is 9.59 Å². The minimum atomic E-state index is -0.723. The minimum absolute atomic E-state index is 0.176. The fraction of sp³-hybridized carbons (Fsp3) is 0.158. The number of hydrogen-bond donors (Lipinski definition) is 1. The number of thioether (sulfide) groups is 1. The fourth-order valence-electron chi connectivity index (χ4n) is 2.50. The molecule has 0 saturated heterocycles. The quantitative estimate of drug-likeness (QED) is 0.678. The van der Waals surface area contributed by atoms with E-state index in [1.807, 2.05) is 48.5 Å². The van der Waals surface area contributed by atoms with Gasteiger partial charge in [0, 0.05) is 18.0 Å². The summed E-state index contributed by atoms with van der Waals surface area (Å²) in [6, 6.07) is 17.0. The molecule has 1 atom stereocenters. The van der Waals surface area contributed by atoms with Crippen molar-refractivity contribution in [3.05, 3.63) is 66.1 Å². The number of para-hydroxylation sites is 2. The van der Waals surface area contributed by atoms with E-state index >= 15 is 0 Å². The second-order valence-corrected chi connectivity index (χ2v) is 6.35. The Morgan fingerprint density at radius 2 is 1.88 bits per heavy atom. The van der Waals surface area contributed by atoms with Crippen LogP contribution in [0.4, 0.5) is 5.69 Å². The molecule has 3 rings (SSSR count). The first-order valence-electron chi connectivity index (χ1n) is 7.86. The molecular weight excluding hydrogens is 336 g/mol. The number of benzene rings is 2.